The maximum Gasteiger partial charge on any atom is 0.330 e. The molecule has 1 aromatic heterocycles. The number of nitrogens with one attached hydrogen (secondary N) is 3. The van der Waals surface area contributed by atoms with Crippen molar-refractivity contribution in [3.05, 3.63) is 64.6 Å². The third-order valence-electron chi connectivity index (χ3n) is 9.64. The smallest absolute Gasteiger partial charge is 0.330 e. The van der Waals surface area contributed by atoms with Crippen LogP contribution >= 0.6 is 11.3 Å². The number of likely N-dealkylation sites (N-methyl/N-ethyl adjacent to an activating group) is 1. The summed E-state index contributed by atoms with van der Waals surface area (Å²) in [4.78, 5) is 71.3. The highest BCUT2D eigenvalue weighted by Crippen LogP contribution is 2.29. The summed E-state index contributed by atoms with van der Waals surface area (Å²) >= 11 is 1.15. The molecule has 1 saturated heterocycles. The number of esters is 1. The molecule has 13 heteroatoms. The summed E-state index contributed by atoms with van der Waals surface area (Å²) in [6.45, 7) is 13.7. The topological polar surface area (TPSA) is 167 Å². The zero-order valence-electron chi connectivity index (χ0n) is 30.7. The van der Waals surface area contributed by atoms with Crippen LogP contribution in [-0.4, -0.2) is 82.4 Å². The van der Waals surface area contributed by atoms with Gasteiger partial charge < -0.3 is 25.8 Å². The maximum atomic E-state index is 13.8. The number of carboxylic acids is 1. The summed E-state index contributed by atoms with van der Waals surface area (Å²) in [5.41, 5.74) is 1.06. The van der Waals surface area contributed by atoms with Crippen LogP contribution in [0.3, 0.4) is 0 Å². The molecule has 4 N–H and O–H groups in total. The van der Waals surface area contributed by atoms with Gasteiger partial charge in [0.2, 0.25) is 11.8 Å². The van der Waals surface area contributed by atoms with Gasteiger partial charge in [-0.1, -0.05) is 84.4 Å². The number of rotatable bonds is 19. The van der Waals surface area contributed by atoms with Crippen molar-refractivity contribution in [3.8, 4) is 0 Å². The molecule has 1 aromatic carbocycles. The van der Waals surface area contributed by atoms with Gasteiger partial charge >= 0.3 is 11.9 Å². The molecular formula is C38H55N5O7S. The van der Waals surface area contributed by atoms with E-state index >= 15 is 0 Å². The number of likely N-dealkylation sites (tertiary alicyclic amines) is 1. The zero-order valence-corrected chi connectivity index (χ0v) is 31.5. The molecule has 1 aliphatic rings. The first-order chi connectivity index (χ1) is 24.2. The van der Waals surface area contributed by atoms with Crippen molar-refractivity contribution in [2.45, 2.75) is 110 Å². The summed E-state index contributed by atoms with van der Waals surface area (Å²) in [6.07, 6.45) is 4.37. The number of ether oxygens (including phenoxy) is 1. The van der Waals surface area contributed by atoms with Crippen LogP contribution in [0.25, 0.3) is 0 Å². The lowest BCUT2D eigenvalue weighted by Gasteiger charge is -2.34. The average molecular weight is 726 g/mol. The second-order valence-electron chi connectivity index (χ2n) is 14.0. The summed E-state index contributed by atoms with van der Waals surface area (Å²) < 4.78 is 5.73. The fourth-order valence-electron chi connectivity index (χ4n) is 6.16. The predicted octanol–water partition coefficient (Wildman–Crippen LogP) is 4.91. The van der Waals surface area contributed by atoms with Gasteiger partial charge in [0.05, 0.1) is 12.0 Å². The minimum absolute atomic E-state index is 0.0886. The Hall–Kier alpha value is -4.10. The van der Waals surface area contributed by atoms with E-state index in [1.165, 1.54) is 0 Å². The van der Waals surface area contributed by atoms with Crippen molar-refractivity contribution in [3.63, 3.8) is 0 Å². The molecule has 3 amide bonds. The monoisotopic (exact) mass is 725 g/mol. The number of carbonyl (C=O) groups excluding carboxylic acids is 4. The van der Waals surface area contributed by atoms with E-state index in [0.717, 1.165) is 48.8 Å². The third kappa shape index (κ3) is 12.6. The highest BCUT2D eigenvalue weighted by molar-refractivity contribution is 7.09. The SMILES string of the molecule is C=CC(=O)OC(CC(NC(=O)C(NC(=O)C1CCCCN1C)C(C)CC)C(C)C)c1nc(C(=O)NC(Cc2ccccc2)CC(C)C(=O)O)cs1. The van der Waals surface area contributed by atoms with Crippen LogP contribution < -0.4 is 16.0 Å². The first-order valence-corrected chi connectivity index (χ1v) is 18.8. The molecule has 12 nitrogen and oxygen atoms in total. The van der Waals surface area contributed by atoms with E-state index in [0.29, 0.717) is 17.8 Å². The van der Waals surface area contributed by atoms with Crippen LogP contribution in [0.2, 0.25) is 0 Å². The summed E-state index contributed by atoms with van der Waals surface area (Å²) in [5, 5.41) is 20.5. The van der Waals surface area contributed by atoms with E-state index in [4.69, 9.17) is 4.74 Å². The Morgan fingerprint density at radius 3 is 2.37 bits per heavy atom. The van der Waals surface area contributed by atoms with E-state index < -0.39 is 48.0 Å². The van der Waals surface area contributed by atoms with E-state index in [9.17, 15) is 29.1 Å². The number of carboxylic acid groups (broad SMARTS) is 1. The van der Waals surface area contributed by atoms with Crippen LogP contribution in [0.5, 0.6) is 0 Å². The van der Waals surface area contributed by atoms with Crippen molar-refractivity contribution < 1.29 is 33.8 Å². The number of aromatic nitrogens is 1. The number of aliphatic carboxylic acids is 1. The van der Waals surface area contributed by atoms with Gasteiger partial charge in [0.15, 0.2) is 6.10 Å². The van der Waals surface area contributed by atoms with Gasteiger partial charge in [-0.2, -0.15) is 0 Å². The molecule has 0 aliphatic carbocycles. The molecule has 0 bridgehead atoms. The van der Waals surface area contributed by atoms with Gasteiger partial charge in [-0.05, 0) is 56.7 Å². The fraction of sp³-hybridized carbons (Fsp3) is 0.579. The van der Waals surface area contributed by atoms with Crippen molar-refractivity contribution in [2.75, 3.05) is 13.6 Å². The van der Waals surface area contributed by atoms with Gasteiger partial charge in [-0.3, -0.25) is 24.1 Å². The standard InChI is InChI=1S/C38H55N5O7S/c1-8-24(5)33(42-35(46)30-17-13-14-18-43(30)7)36(47)40-28(23(3)4)21-31(50-32(44)9-2)37-41-29(22-51-37)34(45)39-27(19-25(6)38(48)49)20-26-15-11-10-12-16-26/h9-12,15-16,22-25,27-28,30-31,33H,2,8,13-14,17-21H2,1,3-7H3,(H,39,45)(H,40,47)(H,42,46)(H,48,49). The van der Waals surface area contributed by atoms with Gasteiger partial charge in [0.25, 0.3) is 5.91 Å². The molecule has 280 valence electrons. The lowest BCUT2D eigenvalue weighted by molar-refractivity contribution is -0.144. The van der Waals surface area contributed by atoms with Gasteiger partial charge in [0, 0.05) is 30.0 Å². The van der Waals surface area contributed by atoms with Crippen LogP contribution in [0.4, 0.5) is 0 Å². The molecular weight excluding hydrogens is 671 g/mol. The van der Waals surface area contributed by atoms with Gasteiger partial charge in [-0.25, -0.2) is 9.78 Å². The molecule has 1 fully saturated rings. The molecule has 51 heavy (non-hydrogen) atoms. The minimum atomic E-state index is -0.952. The second-order valence-corrected chi connectivity index (χ2v) is 14.9. The Morgan fingerprint density at radius 1 is 1.06 bits per heavy atom. The van der Waals surface area contributed by atoms with Crippen LogP contribution in [0.1, 0.15) is 100 Å². The fourth-order valence-corrected chi connectivity index (χ4v) is 7.00. The van der Waals surface area contributed by atoms with Crippen LogP contribution in [0, 0.1) is 17.8 Å². The number of nitrogens with zero attached hydrogens (tertiary/aromatic N) is 2. The Kier molecular flexibility index (Phi) is 16.3. The molecule has 0 saturated carbocycles. The number of benzene rings is 1. The third-order valence-corrected chi connectivity index (χ3v) is 10.6. The quantitative estimate of drug-likeness (QED) is 0.116. The molecule has 7 unspecified atom stereocenters. The Labute approximate surface area is 305 Å². The molecule has 7 atom stereocenters. The van der Waals surface area contributed by atoms with Crippen molar-refractivity contribution >= 4 is 41.0 Å². The van der Waals surface area contributed by atoms with Crippen molar-refractivity contribution in [1.29, 1.82) is 0 Å². The second kappa shape index (κ2) is 20.1. The number of thiazole rings is 1. The number of amides is 3. The Morgan fingerprint density at radius 2 is 1.76 bits per heavy atom. The van der Waals surface area contributed by atoms with Gasteiger partial charge in [-0.15, -0.1) is 11.3 Å². The molecule has 3 rings (SSSR count). The Bertz CT molecular complexity index is 1480. The normalized spacial score (nSPS) is 18.4. The van der Waals surface area contributed by atoms with Crippen molar-refractivity contribution in [2.24, 2.45) is 17.8 Å². The first-order valence-electron chi connectivity index (χ1n) is 17.9. The first kappa shape index (κ1) is 41.3. The number of piperidine rings is 1. The molecule has 2 heterocycles. The molecule has 1 aliphatic heterocycles. The molecule has 0 radical (unpaired) electrons. The van der Waals surface area contributed by atoms with E-state index in [1.807, 2.05) is 70.0 Å². The lowest BCUT2D eigenvalue weighted by atomic mass is 9.94. The highest BCUT2D eigenvalue weighted by atomic mass is 32.1. The van der Waals surface area contributed by atoms with Crippen molar-refractivity contribution in [1.82, 2.24) is 25.8 Å². The van der Waals surface area contributed by atoms with Crippen LogP contribution in [-0.2, 0) is 30.3 Å². The Balaban J connectivity index is 1.79. The molecule has 0 spiro atoms. The average Bonchev–Trinajstić information content (AvgIpc) is 3.60. The largest absolute Gasteiger partial charge is 0.481 e. The van der Waals surface area contributed by atoms with E-state index in [2.05, 4.69) is 27.5 Å². The number of carbonyl (C=O) groups is 5. The lowest BCUT2D eigenvalue weighted by Crippen LogP contribution is -2.57. The van der Waals surface area contributed by atoms with E-state index in [-0.39, 0.29) is 48.2 Å². The minimum Gasteiger partial charge on any atom is -0.481 e. The molecule has 2 aromatic rings. The number of hydrogen-bond donors (Lipinski definition) is 4. The zero-order chi connectivity index (χ0) is 37.7. The van der Waals surface area contributed by atoms with E-state index in [1.54, 1.807) is 12.3 Å². The maximum absolute atomic E-state index is 13.8. The summed E-state index contributed by atoms with van der Waals surface area (Å²) in [5.74, 6) is -3.49. The summed E-state index contributed by atoms with van der Waals surface area (Å²) in [6, 6.07) is 7.51. The predicted molar refractivity (Wildman–Crippen MR) is 197 cm³/mol. The van der Waals surface area contributed by atoms with Gasteiger partial charge in [0.1, 0.15) is 16.7 Å². The summed E-state index contributed by atoms with van der Waals surface area (Å²) in [7, 11) is 1.93. The highest BCUT2D eigenvalue weighted by Gasteiger charge is 2.34. The van der Waals surface area contributed by atoms with Crippen LogP contribution in [0.15, 0.2) is 48.4 Å². The number of hydrogen-bond acceptors (Lipinski definition) is 9.